The van der Waals surface area contributed by atoms with Crippen molar-refractivity contribution in [3.05, 3.63) is 221 Å². The third-order valence-corrected chi connectivity index (χ3v) is 10.7. The van der Waals surface area contributed by atoms with Gasteiger partial charge in [0.25, 0.3) is 5.91 Å². The van der Waals surface area contributed by atoms with Crippen LogP contribution in [0.2, 0.25) is 0 Å². The lowest BCUT2D eigenvalue weighted by atomic mass is 9.74. The molecule has 59 heavy (non-hydrogen) atoms. The Kier molecular flexibility index (Phi) is 12.0. The van der Waals surface area contributed by atoms with E-state index in [2.05, 4.69) is 159 Å². The van der Waals surface area contributed by atoms with E-state index < -0.39 is 5.54 Å². The smallest absolute Gasteiger partial charge is 0.284 e. The Labute approximate surface area is 347 Å². The number of nitrogens with one attached hydrogen (secondary N) is 2. The zero-order valence-corrected chi connectivity index (χ0v) is 33.6. The maximum atomic E-state index is 13.5. The molecule has 1 aliphatic heterocycles. The van der Waals surface area contributed by atoms with Crippen molar-refractivity contribution in [1.29, 1.82) is 0 Å². The molecular formula is C51H49N5O3. The molecule has 1 aromatic heterocycles. The van der Waals surface area contributed by atoms with E-state index in [1.165, 1.54) is 22.3 Å². The van der Waals surface area contributed by atoms with Gasteiger partial charge in [0.2, 0.25) is 0 Å². The van der Waals surface area contributed by atoms with E-state index >= 15 is 0 Å². The Morgan fingerprint density at radius 2 is 0.915 bits per heavy atom. The first-order chi connectivity index (χ1) is 29.1. The fourth-order valence-electron chi connectivity index (χ4n) is 8.01. The number of fused-ring (bicyclic) bond motifs is 1. The van der Waals surface area contributed by atoms with Gasteiger partial charge < -0.3 is 19.3 Å². The van der Waals surface area contributed by atoms with E-state index in [0.717, 1.165) is 22.5 Å². The molecule has 0 aliphatic carbocycles. The number of rotatable bonds is 16. The van der Waals surface area contributed by atoms with Crippen molar-refractivity contribution >= 4 is 17.3 Å². The Hall–Kier alpha value is -6.90. The predicted octanol–water partition coefficient (Wildman–Crippen LogP) is 9.83. The summed E-state index contributed by atoms with van der Waals surface area (Å²) in [6, 6.07) is 58.6. The van der Waals surface area contributed by atoms with Crippen LogP contribution in [0.5, 0.6) is 11.5 Å². The van der Waals surface area contributed by atoms with Crippen molar-refractivity contribution in [2.24, 2.45) is 0 Å². The van der Waals surface area contributed by atoms with Gasteiger partial charge in [-0.3, -0.25) is 15.2 Å². The summed E-state index contributed by atoms with van der Waals surface area (Å²) < 4.78 is 13.2. The van der Waals surface area contributed by atoms with E-state index in [0.29, 0.717) is 62.1 Å². The van der Waals surface area contributed by atoms with Gasteiger partial charge in [0.05, 0.1) is 13.2 Å². The summed E-state index contributed by atoms with van der Waals surface area (Å²) in [6.45, 7) is 7.65. The summed E-state index contributed by atoms with van der Waals surface area (Å²) in [5.74, 6) is 1.04. The molecule has 0 fully saturated rings. The molecule has 8 nitrogen and oxygen atoms in total. The number of hydrogen-bond donors (Lipinski definition) is 2. The van der Waals surface area contributed by atoms with Crippen molar-refractivity contribution in [2.75, 3.05) is 23.0 Å². The van der Waals surface area contributed by atoms with Crippen molar-refractivity contribution < 1.29 is 14.3 Å². The van der Waals surface area contributed by atoms with Crippen molar-refractivity contribution in [3.8, 4) is 11.5 Å². The first-order valence-electron chi connectivity index (χ1n) is 20.3. The lowest BCUT2D eigenvalue weighted by molar-refractivity contribution is 0.0888. The van der Waals surface area contributed by atoms with Gasteiger partial charge >= 0.3 is 0 Å². The summed E-state index contributed by atoms with van der Waals surface area (Å²) in [5.41, 5.74) is 14.8. The van der Waals surface area contributed by atoms with Gasteiger partial charge in [-0.2, -0.15) is 0 Å². The number of pyridine rings is 1. The maximum absolute atomic E-state index is 13.5. The topological polar surface area (TPSA) is 79.0 Å². The van der Waals surface area contributed by atoms with Crippen LogP contribution in [0.3, 0.4) is 0 Å². The van der Waals surface area contributed by atoms with Crippen LogP contribution in [0.4, 0.5) is 11.4 Å². The summed E-state index contributed by atoms with van der Waals surface area (Å²) in [7, 11) is 0. The van der Waals surface area contributed by atoms with Crippen LogP contribution in [0, 0.1) is 0 Å². The monoisotopic (exact) mass is 779 g/mol. The molecule has 0 bridgehead atoms. The van der Waals surface area contributed by atoms with Crippen LogP contribution in [-0.2, 0) is 31.7 Å². The molecule has 8 heteroatoms. The van der Waals surface area contributed by atoms with Crippen LogP contribution in [-0.4, -0.2) is 24.1 Å². The van der Waals surface area contributed by atoms with Gasteiger partial charge in [0, 0.05) is 72.6 Å². The van der Waals surface area contributed by atoms with E-state index in [1.54, 1.807) is 6.20 Å². The molecule has 7 aromatic rings. The number of anilines is 2. The number of carbonyl (C=O) groups is 1. The number of carbonyl (C=O) groups excluding carboxylic acids is 1. The SMILES string of the molecule is CCOc1cc(N(Cc2ccccc2)Cc2ccccc2)ccc1C1(c2ccc(N(Cc3ccccc3)Cc3ccccc3)cc2OCC)NNC(=O)c2ncccc21. The number of aromatic nitrogens is 1. The highest BCUT2D eigenvalue weighted by Crippen LogP contribution is 2.48. The summed E-state index contributed by atoms with van der Waals surface area (Å²) in [4.78, 5) is 22.9. The zero-order valence-electron chi connectivity index (χ0n) is 33.6. The van der Waals surface area contributed by atoms with Gasteiger partial charge in [-0.05, 0) is 54.3 Å². The molecule has 1 amide bonds. The molecular weight excluding hydrogens is 731 g/mol. The Bertz CT molecular complexity index is 2240. The molecule has 0 saturated carbocycles. The second-order valence-corrected chi connectivity index (χ2v) is 14.6. The Morgan fingerprint density at radius 3 is 1.31 bits per heavy atom. The first kappa shape index (κ1) is 38.9. The number of ether oxygens (including phenoxy) is 2. The highest BCUT2D eigenvalue weighted by molar-refractivity contribution is 5.96. The number of hydrazine groups is 1. The third kappa shape index (κ3) is 8.54. The summed E-state index contributed by atoms with van der Waals surface area (Å²) in [5, 5.41) is 0. The molecule has 2 N–H and O–H groups in total. The van der Waals surface area contributed by atoms with Crippen LogP contribution in [0.15, 0.2) is 176 Å². The quantitative estimate of drug-likeness (QED) is 0.101. The number of amides is 1. The van der Waals surface area contributed by atoms with E-state index in [1.807, 2.05) is 50.2 Å². The van der Waals surface area contributed by atoms with Crippen LogP contribution in [0.1, 0.15) is 63.3 Å². The number of hydrogen-bond acceptors (Lipinski definition) is 7. The highest BCUT2D eigenvalue weighted by atomic mass is 16.5. The van der Waals surface area contributed by atoms with Crippen LogP contribution >= 0.6 is 0 Å². The molecule has 0 atom stereocenters. The second-order valence-electron chi connectivity index (χ2n) is 14.6. The number of nitrogens with zero attached hydrogens (tertiary/aromatic N) is 3. The van der Waals surface area contributed by atoms with Crippen LogP contribution < -0.4 is 30.1 Å². The molecule has 8 rings (SSSR count). The highest BCUT2D eigenvalue weighted by Gasteiger charge is 2.47. The van der Waals surface area contributed by atoms with Crippen LogP contribution in [0.25, 0.3) is 0 Å². The van der Waals surface area contributed by atoms with Crippen molar-refractivity contribution in [1.82, 2.24) is 15.8 Å². The van der Waals surface area contributed by atoms with Gasteiger partial charge in [-0.25, -0.2) is 5.43 Å². The second kappa shape index (κ2) is 18.1. The lowest BCUT2D eigenvalue weighted by Gasteiger charge is -2.42. The first-order valence-corrected chi connectivity index (χ1v) is 20.3. The minimum atomic E-state index is -1.16. The van der Waals surface area contributed by atoms with Crippen molar-refractivity contribution in [3.63, 3.8) is 0 Å². The lowest BCUT2D eigenvalue weighted by Crippen LogP contribution is -2.58. The Balaban J connectivity index is 1.29. The molecule has 0 radical (unpaired) electrons. The molecule has 0 unspecified atom stereocenters. The van der Waals surface area contributed by atoms with Gasteiger partial charge in [0.15, 0.2) is 0 Å². The fraction of sp³-hybridized carbons (Fsp3) is 0.176. The average molecular weight is 780 g/mol. The van der Waals surface area contributed by atoms with Gasteiger partial charge in [-0.1, -0.05) is 140 Å². The van der Waals surface area contributed by atoms with E-state index in [-0.39, 0.29) is 5.91 Å². The maximum Gasteiger partial charge on any atom is 0.284 e. The Morgan fingerprint density at radius 1 is 0.508 bits per heavy atom. The normalized spacial score (nSPS) is 12.9. The molecule has 1 aliphatic rings. The van der Waals surface area contributed by atoms with Gasteiger partial charge in [0.1, 0.15) is 22.7 Å². The zero-order chi connectivity index (χ0) is 40.4. The van der Waals surface area contributed by atoms with E-state index in [4.69, 9.17) is 9.47 Å². The predicted molar refractivity (Wildman–Crippen MR) is 235 cm³/mol. The average Bonchev–Trinajstić information content (AvgIpc) is 3.28. The molecule has 2 heterocycles. The minimum absolute atomic E-state index is 0.311. The van der Waals surface area contributed by atoms with Crippen molar-refractivity contribution in [2.45, 2.75) is 45.6 Å². The molecule has 0 saturated heterocycles. The fourth-order valence-corrected chi connectivity index (χ4v) is 8.01. The molecule has 296 valence electrons. The van der Waals surface area contributed by atoms with E-state index in [9.17, 15) is 4.79 Å². The minimum Gasteiger partial charge on any atom is -0.493 e. The number of benzene rings is 6. The molecule has 6 aromatic carbocycles. The third-order valence-electron chi connectivity index (χ3n) is 10.7. The van der Waals surface area contributed by atoms with Gasteiger partial charge in [-0.15, -0.1) is 0 Å². The molecule has 0 spiro atoms. The standard InChI is InChI=1S/C51H49N5O3/c1-3-58-47-32-42(55(34-38-18-9-5-10-19-38)35-39-20-11-6-12-21-39)27-29-44(47)51(46-26-17-31-52-49(46)50(57)53-54-51)45-30-28-43(33-48(45)59-4-2)56(36-40-22-13-7-14-23-40)37-41-24-15-8-16-25-41/h5-33,54H,3-4,34-37H2,1-2H3,(H,53,57). The largest absolute Gasteiger partial charge is 0.493 e. The summed E-state index contributed by atoms with van der Waals surface area (Å²) >= 11 is 0. The summed E-state index contributed by atoms with van der Waals surface area (Å²) in [6.07, 6.45) is 1.66.